The van der Waals surface area contributed by atoms with Crippen molar-refractivity contribution >= 4 is 26.6 Å². The zero-order chi connectivity index (χ0) is 19.9. The summed E-state index contributed by atoms with van der Waals surface area (Å²) in [6.07, 6.45) is 1.66. The Labute approximate surface area is 163 Å². The van der Waals surface area contributed by atoms with Crippen LogP contribution in [0, 0.1) is 5.82 Å². The molecule has 148 valence electrons. The maximum absolute atomic E-state index is 13.3. The van der Waals surface area contributed by atoms with Crippen LogP contribution in [0.3, 0.4) is 0 Å². The van der Waals surface area contributed by atoms with Gasteiger partial charge in [0, 0.05) is 37.8 Å². The smallest absolute Gasteiger partial charge is 0.268 e. The van der Waals surface area contributed by atoms with Crippen molar-refractivity contribution in [3.8, 4) is 5.75 Å². The molecule has 1 saturated heterocycles. The fraction of sp³-hybridized carbons (Fsp3) is 0.300. The van der Waals surface area contributed by atoms with Crippen LogP contribution >= 0.6 is 0 Å². The Morgan fingerprint density at radius 2 is 1.68 bits per heavy atom. The largest absolute Gasteiger partial charge is 0.497 e. The molecule has 0 amide bonds. The standard InChI is InChI=1S/C20H22FN3O3S/c1-22-9-11-23(12-10-22)20-14-24(19-8-5-16(27-2)13-18(19)20)28(25,26)17-6-3-15(21)4-7-17/h3-8,13-14H,9-12H2,1-2H3. The van der Waals surface area contributed by atoms with Crippen molar-refractivity contribution in [3.63, 3.8) is 0 Å². The molecule has 8 heteroatoms. The molecule has 0 saturated carbocycles. The van der Waals surface area contributed by atoms with Gasteiger partial charge in [-0.05, 0) is 49.5 Å². The van der Waals surface area contributed by atoms with Gasteiger partial charge in [-0.15, -0.1) is 0 Å². The van der Waals surface area contributed by atoms with Gasteiger partial charge in [0.2, 0.25) is 0 Å². The summed E-state index contributed by atoms with van der Waals surface area (Å²) in [4.78, 5) is 4.48. The van der Waals surface area contributed by atoms with Crippen LogP contribution in [0.15, 0.2) is 53.6 Å². The van der Waals surface area contributed by atoms with Crippen molar-refractivity contribution < 1.29 is 17.5 Å². The second-order valence-corrected chi connectivity index (χ2v) is 8.76. The zero-order valence-corrected chi connectivity index (χ0v) is 16.6. The minimum Gasteiger partial charge on any atom is -0.497 e. The SMILES string of the molecule is COc1ccc2c(c1)c(N1CCN(C)CC1)cn2S(=O)(=O)c1ccc(F)cc1. The lowest BCUT2D eigenvalue weighted by atomic mass is 10.2. The molecule has 0 atom stereocenters. The van der Waals surface area contributed by atoms with Crippen LogP contribution in [0.1, 0.15) is 0 Å². The summed E-state index contributed by atoms with van der Waals surface area (Å²) >= 11 is 0. The van der Waals surface area contributed by atoms with E-state index in [0.717, 1.165) is 49.4 Å². The highest BCUT2D eigenvalue weighted by Crippen LogP contribution is 2.35. The highest BCUT2D eigenvalue weighted by Gasteiger charge is 2.25. The molecule has 0 N–H and O–H groups in total. The number of anilines is 1. The molecule has 0 unspecified atom stereocenters. The lowest BCUT2D eigenvalue weighted by Crippen LogP contribution is -2.44. The number of rotatable bonds is 4. The second-order valence-electron chi connectivity index (χ2n) is 6.94. The number of hydrogen-bond donors (Lipinski definition) is 0. The third kappa shape index (κ3) is 3.22. The first kappa shape index (κ1) is 18.8. The van der Waals surface area contributed by atoms with Crippen molar-refractivity contribution in [2.24, 2.45) is 0 Å². The number of piperazine rings is 1. The molecule has 0 spiro atoms. The molecule has 4 rings (SSSR count). The number of methoxy groups -OCH3 is 1. The summed E-state index contributed by atoms with van der Waals surface area (Å²) in [5.74, 6) is 0.194. The number of fused-ring (bicyclic) bond motifs is 1. The maximum Gasteiger partial charge on any atom is 0.268 e. The lowest BCUT2D eigenvalue weighted by Gasteiger charge is -2.33. The van der Waals surface area contributed by atoms with Gasteiger partial charge >= 0.3 is 0 Å². The Morgan fingerprint density at radius 1 is 1.00 bits per heavy atom. The molecular formula is C20H22FN3O3S. The van der Waals surface area contributed by atoms with Gasteiger partial charge in [0.15, 0.2) is 0 Å². The molecule has 0 bridgehead atoms. The van der Waals surface area contributed by atoms with E-state index >= 15 is 0 Å². The third-order valence-electron chi connectivity index (χ3n) is 5.17. The minimum absolute atomic E-state index is 0.0477. The van der Waals surface area contributed by atoms with E-state index in [4.69, 9.17) is 4.74 Å². The molecule has 28 heavy (non-hydrogen) atoms. The lowest BCUT2D eigenvalue weighted by molar-refractivity contribution is 0.313. The van der Waals surface area contributed by atoms with E-state index in [9.17, 15) is 12.8 Å². The first-order valence-corrected chi connectivity index (χ1v) is 10.5. The van der Waals surface area contributed by atoms with Gasteiger partial charge < -0.3 is 14.5 Å². The summed E-state index contributed by atoms with van der Waals surface area (Å²) in [6.45, 7) is 3.43. The molecule has 1 aliphatic rings. The van der Waals surface area contributed by atoms with Gasteiger partial charge in [-0.1, -0.05) is 0 Å². The number of likely N-dealkylation sites (N-methyl/N-ethyl adjacent to an activating group) is 1. The Bertz CT molecular complexity index is 1100. The van der Waals surface area contributed by atoms with E-state index in [1.807, 2.05) is 6.07 Å². The van der Waals surface area contributed by atoms with E-state index in [0.29, 0.717) is 11.3 Å². The summed E-state index contributed by atoms with van der Waals surface area (Å²) in [7, 11) is -0.200. The van der Waals surface area contributed by atoms with Gasteiger partial charge in [-0.25, -0.2) is 16.8 Å². The highest BCUT2D eigenvalue weighted by atomic mass is 32.2. The summed E-state index contributed by atoms with van der Waals surface area (Å²) < 4.78 is 46.4. The number of ether oxygens (including phenoxy) is 1. The maximum atomic E-state index is 13.3. The molecule has 0 radical (unpaired) electrons. The number of benzene rings is 2. The van der Waals surface area contributed by atoms with E-state index in [2.05, 4.69) is 16.8 Å². The summed E-state index contributed by atoms with van der Waals surface area (Å²) in [6, 6.07) is 10.2. The predicted octanol–water partition coefficient (Wildman–Crippen LogP) is 2.78. The fourth-order valence-electron chi connectivity index (χ4n) is 3.51. The predicted molar refractivity (Wildman–Crippen MR) is 107 cm³/mol. The Kier molecular flexibility index (Phi) is 4.76. The van der Waals surface area contributed by atoms with Crippen molar-refractivity contribution in [2.45, 2.75) is 4.90 Å². The Hall–Kier alpha value is -2.58. The average molecular weight is 403 g/mol. The molecule has 3 aromatic rings. The molecule has 0 aliphatic carbocycles. The van der Waals surface area contributed by atoms with Crippen molar-refractivity contribution in [3.05, 3.63) is 54.5 Å². The number of halogens is 1. The van der Waals surface area contributed by atoms with Crippen LogP contribution in [0.5, 0.6) is 5.75 Å². The highest BCUT2D eigenvalue weighted by molar-refractivity contribution is 7.90. The second kappa shape index (κ2) is 7.10. The number of aromatic nitrogens is 1. The third-order valence-corrected chi connectivity index (χ3v) is 6.86. The molecular weight excluding hydrogens is 381 g/mol. The van der Waals surface area contributed by atoms with Gasteiger partial charge in [0.25, 0.3) is 10.0 Å². The van der Waals surface area contributed by atoms with Gasteiger partial charge in [0.1, 0.15) is 11.6 Å². The Morgan fingerprint density at radius 3 is 2.32 bits per heavy atom. The normalized spacial score (nSPS) is 15.9. The molecule has 1 aromatic heterocycles. The monoisotopic (exact) mass is 403 g/mol. The minimum atomic E-state index is -3.86. The first-order chi connectivity index (χ1) is 13.4. The van der Waals surface area contributed by atoms with Crippen LogP contribution in [0.2, 0.25) is 0 Å². The van der Waals surface area contributed by atoms with E-state index < -0.39 is 15.8 Å². The zero-order valence-electron chi connectivity index (χ0n) is 15.8. The first-order valence-electron chi connectivity index (χ1n) is 9.04. The fourth-order valence-corrected chi connectivity index (χ4v) is 4.87. The molecule has 2 heterocycles. The van der Waals surface area contributed by atoms with Gasteiger partial charge in [-0.2, -0.15) is 0 Å². The summed E-state index contributed by atoms with van der Waals surface area (Å²) in [5.41, 5.74) is 1.42. The molecule has 1 aliphatic heterocycles. The van der Waals surface area contributed by atoms with Crippen LogP contribution in [-0.2, 0) is 10.0 Å². The number of nitrogens with zero attached hydrogens (tertiary/aromatic N) is 3. The van der Waals surface area contributed by atoms with Crippen molar-refractivity contribution in [1.82, 2.24) is 8.87 Å². The van der Waals surface area contributed by atoms with E-state index in [1.54, 1.807) is 25.4 Å². The summed E-state index contributed by atoms with van der Waals surface area (Å²) in [5, 5.41) is 0.814. The number of hydrogen-bond acceptors (Lipinski definition) is 5. The quantitative estimate of drug-likeness (QED) is 0.671. The molecule has 2 aromatic carbocycles. The topological polar surface area (TPSA) is 54.8 Å². The van der Waals surface area contributed by atoms with Crippen LogP contribution in [-0.4, -0.2) is 57.6 Å². The van der Waals surface area contributed by atoms with Crippen molar-refractivity contribution in [2.75, 3.05) is 45.2 Å². The van der Waals surface area contributed by atoms with Crippen LogP contribution in [0.4, 0.5) is 10.1 Å². The molecule has 1 fully saturated rings. The van der Waals surface area contributed by atoms with Crippen LogP contribution in [0.25, 0.3) is 10.9 Å². The van der Waals surface area contributed by atoms with Gasteiger partial charge in [-0.3, -0.25) is 0 Å². The molecule has 6 nitrogen and oxygen atoms in total. The van der Waals surface area contributed by atoms with Crippen molar-refractivity contribution in [1.29, 1.82) is 0 Å². The van der Waals surface area contributed by atoms with Gasteiger partial charge in [0.05, 0.1) is 23.2 Å². The van der Waals surface area contributed by atoms with E-state index in [-0.39, 0.29) is 4.90 Å². The van der Waals surface area contributed by atoms with Crippen LogP contribution < -0.4 is 9.64 Å². The van der Waals surface area contributed by atoms with E-state index in [1.165, 1.54) is 16.1 Å². The average Bonchev–Trinajstić information content (AvgIpc) is 3.08. The Balaban J connectivity index is 1.88.